The molecule has 4 bridgehead atoms. The number of hydrogen-bond acceptors (Lipinski definition) is 26. The quantitative estimate of drug-likeness (QED) is 0.0287. The van der Waals surface area contributed by atoms with Gasteiger partial charge in [-0.1, -0.05) is 124 Å². The summed E-state index contributed by atoms with van der Waals surface area (Å²) < 4.78 is 0. The number of amides is 17. The fourth-order valence-corrected chi connectivity index (χ4v) is 17.1. The Morgan fingerprint density at radius 1 is 0.434 bits per heavy atom. The van der Waals surface area contributed by atoms with Crippen molar-refractivity contribution in [1.82, 2.24) is 85.1 Å². The van der Waals surface area contributed by atoms with Crippen LogP contribution in [0.2, 0.25) is 0 Å². The largest absolute Gasteiger partial charge is 0.508 e. The van der Waals surface area contributed by atoms with Crippen molar-refractivity contribution in [2.45, 2.75) is 214 Å². The van der Waals surface area contributed by atoms with Crippen LogP contribution in [-0.4, -0.2) is 271 Å². The van der Waals surface area contributed by atoms with Gasteiger partial charge in [0, 0.05) is 66.6 Å². The van der Waals surface area contributed by atoms with Gasteiger partial charge in [0.25, 0.3) is 0 Å². The molecule has 0 aliphatic carbocycles. The molecule has 0 aromatic heterocycles. The molecule has 2 heterocycles. The Balaban J connectivity index is 1.41. The summed E-state index contributed by atoms with van der Waals surface area (Å²) in [6, 6.07) is 2.51. The lowest BCUT2D eigenvalue weighted by atomic mass is 9.85. The lowest BCUT2D eigenvalue weighted by Gasteiger charge is -2.33. The van der Waals surface area contributed by atoms with Gasteiger partial charge < -0.3 is 122 Å². The number of thioether (sulfide) groups is 3. The fourth-order valence-electron chi connectivity index (χ4n) is 14.1. The molecule has 0 saturated heterocycles. The van der Waals surface area contributed by atoms with Crippen LogP contribution in [0.3, 0.4) is 0 Å². The number of carbonyl (C=O) groups is 21. The molecule has 17 amide bonds. The first kappa shape index (κ1) is 109. The van der Waals surface area contributed by atoms with E-state index in [1.807, 2.05) is 0 Å². The van der Waals surface area contributed by atoms with E-state index in [9.17, 15) is 107 Å². The van der Waals surface area contributed by atoms with Crippen LogP contribution in [0.5, 0.6) is 5.75 Å². The molecular formula is C89H114N18O26S3. The van der Waals surface area contributed by atoms with Crippen LogP contribution in [0, 0.1) is 5.41 Å². The summed E-state index contributed by atoms with van der Waals surface area (Å²) in [7, 11) is 1.47. The number of phenolic OH excluding ortho intramolecular Hbond substituents is 1. The standard InChI is InChI=1S/C89H114N18O26S3/c1-44(93-68(110)37-92-7)75(120)105-65-42-135-39-50-28-49-29-51(30-50)40-136-43-66(106-77(122)46(3)94-80(125)60(33-53-18-13-17-52-16-11-12-19-55(52)53)101-78(123)56(24-26-69(111)112)96-83(128)61(34-67(90)109)98-76(121)45(2)95-86(65)131)87(132)97-57(25-27-70(113)114)79(124)102-62(35-71(115)116)84(129)100-58(31-47-14-9-8-10-15-47)81(126)99-59(32-48-20-22-54(108)23-21-48)82(127)103-63(36-72(117)118)85(130)107-73(89(4,5)6)88(133)104-64(74(91)119)41-134-38-49/h8-23,28-30,44-46,56-66,73,92,108H,24-27,31-43H2,1-7H3,(H2,90,109)(H2,91,119)(H,93,110)(H,94,125)(H,95,131)(H,96,128)(H,97,132)(H,98,121)(H,99,126)(H,100,129)(H,101,123)(H,102,124)(H,103,127)(H,104,133)(H,105,120)(H,106,122)(H,107,130)(H,111,112)(H,113,114)(H,115,116)(H,117,118)/t44-,45+,46+,56-,57-,58-,59-,60-,61-,62-,63-,64-,65-,66+,73+/m0/s1. The molecule has 7 rings (SSSR count). The molecule has 734 valence electrons. The third kappa shape index (κ3) is 35.8. The van der Waals surface area contributed by atoms with Gasteiger partial charge in [-0.25, -0.2) is 0 Å². The van der Waals surface area contributed by atoms with E-state index in [-0.39, 0.29) is 46.6 Å². The molecule has 2 aliphatic heterocycles. The van der Waals surface area contributed by atoms with Gasteiger partial charge in [-0.3, -0.25) is 101 Å². The Morgan fingerprint density at radius 2 is 0.853 bits per heavy atom. The first-order chi connectivity index (χ1) is 64.2. The first-order valence-corrected chi connectivity index (χ1v) is 46.5. The predicted octanol–water partition coefficient (Wildman–Crippen LogP) is -3.36. The van der Waals surface area contributed by atoms with E-state index in [0.29, 0.717) is 38.6 Å². The SMILES string of the molecule is CNCC(=O)N[C@@H](C)C(=O)N[C@H]1CSCc2cc3cc(c2)CSC[C@@H](NC(=O)[C@@H](C)NC(=O)[C@H](Cc2cccc4ccccc24)NC(=O)[C@H](CCC(=O)O)NC(=O)[C@H](CC(N)=O)NC(=O)[C@@H](C)NC1=O)C(=O)N[C@@H](CCC(=O)O)C(=O)N[C@@H](CC(=O)O)C(=O)N[C@@H](Cc1ccccc1)C(=O)N[C@@H](Cc1ccc(O)cc1)C(=O)N[C@@H](CC(=O)O)C(=O)N[C@@H](C(C)(C)C)C(=O)N[C@H](C(N)=O)CSC3. The molecular weight excluding hydrogens is 1830 g/mol. The smallest absolute Gasteiger partial charge is 0.305 e. The van der Waals surface area contributed by atoms with Crippen LogP contribution < -0.4 is 96.5 Å². The topological polar surface area (TPSA) is 704 Å². The zero-order chi connectivity index (χ0) is 100. The second-order valence-electron chi connectivity index (χ2n) is 33.5. The van der Waals surface area contributed by atoms with E-state index in [2.05, 4.69) is 85.1 Å². The van der Waals surface area contributed by atoms with Crippen LogP contribution >= 0.6 is 35.3 Å². The van der Waals surface area contributed by atoms with Crippen LogP contribution in [0.25, 0.3) is 10.8 Å². The number of carboxylic acid groups (broad SMARTS) is 4. The number of likely N-dealkylation sites (N-methyl/N-ethyl adjacent to an activating group) is 1. The summed E-state index contributed by atoms with van der Waals surface area (Å²) in [6.07, 6.45) is -8.14. The Hall–Kier alpha value is -14.0. The van der Waals surface area contributed by atoms with Gasteiger partial charge >= 0.3 is 23.9 Å². The molecule has 136 heavy (non-hydrogen) atoms. The van der Waals surface area contributed by atoms with E-state index in [1.165, 1.54) is 71.1 Å². The number of carboxylic acids is 4. The van der Waals surface area contributed by atoms with Crippen molar-refractivity contribution >= 4 is 170 Å². The lowest BCUT2D eigenvalue weighted by Crippen LogP contribution is -2.62. The lowest BCUT2D eigenvalue weighted by molar-refractivity contribution is -0.142. The molecule has 0 saturated carbocycles. The molecule has 0 spiro atoms. The molecule has 0 unspecified atom stereocenters. The number of primary amides is 2. The molecule has 15 atom stereocenters. The fraction of sp³-hybridized carbons (Fsp3) is 0.449. The third-order valence-electron chi connectivity index (χ3n) is 21.2. The van der Waals surface area contributed by atoms with Gasteiger partial charge in [-0.15, -0.1) is 0 Å². The van der Waals surface area contributed by atoms with Crippen LogP contribution in [-0.2, 0) is 137 Å². The molecule has 0 fully saturated rings. The summed E-state index contributed by atoms with van der Waals surface area (Å²) >= 11 is 2.99. The minimum Gasteiger partial charge on any atom is -0.508 e. The van der Waals surface area contributed by atoms with Crippen molar-refractivity contribution in [2.75, 3.05) is 30.9 Å². The number of phenols is 1. The average molecular weight is 1950 g/mol. The highest BCUT2D eigenvalue weighted by atomic mass is 32.2. The summed E-state index contributed by atoms with van der Waals surface area (Å²) in [4.78, 5) is 296. The highest BCUT2D eigenvalue weighted by Crippen LogP contribution is 2.27. The summed E-state index contributed by atoms with van der Waals surface area (Å²) in [6.45, 7) is 7.90. The number of rotatable bonds is 24. The van der Waals surface area contributed by atoms with Crippen LogP contribution in [0.15, 0.2) is 115 Å². The summed E-state index contributed by atoms with van der Waals surface area (Å²) in [5, 5.41) is 91.6. The van der Waals surface area contributed by atoms with Crippen molar-refractivity contribution in [3.63, 3.8) is 0 Å². The normalized spacial score (nSPS) is 23.5. The van der Waals surface area contributed by atoms with Gasteiger partial charge in [0.2, 0.25) is 100 Å². The van der Waals surface area contributed by atoms with Crippen LogP contribution in [0.4, 0.5) is 0 Å². The van der Waals surface area contributed by atoms with Gasteiger partial charge in [-0.2, -0.15) is 35.3 Å². The second kappa shape index (κ2) is 52.6. The Bertz CT molecular complexity index is 5240. The van der Waals surface area contributed by atoms with E-state index in [4.69, 9.17) is 11.5 Å². The maximum Gasteiger partial charge on any atom is 0.305 e. The van der Waals surface area contributed by atoms with E-state index < -0.39 is 290 Å². The summed E-state index contributed by atoms with van der Waals surface area (Å²) in [5.41, 5.74) is 12.6. The van der Waals surface area contributed by atoms with Gasteiger partial charge in [0.1, 0.15) is 96.4 Å². The zero-order valence-corrected chi connectivity index (χ0v) is 77.8. The predicted molar refractivity (Wildman–Crippen MR) is 495 cm³/mol. The van der Waals surface area contributed by atoms with Gasteiger partial charge in [0.05, 0.1) is 25.8 Å². The van der Waals surface area contributed by atoms with Crippen molar-refractivity contribution in [3.8, 4) is 5.75 Å². The second-order valence-corrected chi connectivity index (χ2v) is 36.6. The minimum absolute atomic E-state index is 0.0366. The number of nitrogens with two attached hydrogens (primary N) is 2. The molecule has 25 N–H and O–H groups in total. The highest BCUT2D eigenvalue weighted by molar-refractivity contribution is 7.99. The number of aromatic hydroxyl groups is 1. The number of nitrogens with one attached hydrogen (secondary N) is 16. The number of fused-ring (bicyclic) bond motifs is 6. The van der Waals surface area contributed by atoms with Gasteiger partial charge in [-0.05, 0) is 102 Å². The molecule has 5 aromatic rings. The monoisotopic (exact) mass is 1950 g/mol. The third-order valence-corrected chi connectivity index (χ3v) is 24.5. The highest BCUT2D eigenvalue weighted by Gasteiger charge is 2.42. The van der Waals surface area contributed by atoms with E-state index >= 15 is 19.2 Å². The summed E-state index contributed by atoms with van der Waals surface area (Å²) in [5.74, 6) is -27.8. The Morgan fingerprint density at radius 3 is 1.36 bits per heavy atom. The van der Waals surface area contributed by atoms with Crippen molar-refractivity contribution in [3.05, 3.63) is 149 Å². The van der Waals surface area contributed by atoms with Crippen molar-refractivity contribution < 1.29 is 126 Å². The van der Waals surface area contributed by atoms with Crippen LogP contribution in [0.1, 0.15) is 120 Å². The number of benzene rings is 5. The molecule has 44 nitrogen and oxygen atoms in total. The average Bonchev–Trinajstić information content (AvgIpc) is 0.837. The molecule has 2 aliphatic rings. The molecule has 5 aromatic carbocycles. The number of aliphatic carboxylic acids is 4. The Labute approximate surface area is 793 Å². The number of carbonyl (C=O) groups excluding carboxylic acids is 17. The zero-order valence-electron chi connectivity index (χ0n) is 75.3. The van der Waals surface area contributed by atoms with E-state index in [0.717, 1.165) is 49.1 Å². The Kier molecular flexibility index (Phi) is 42.2. The maximum absolute atomic E-state index is 15.4. The minimum atomic E-state index is -2.23. The molecule has 47 heteroatoms. The maximum atomic E-state index is 15.4. The molecule has 0 radical (unpaired) electrons. The van der Waals surface area contributed by atoms with Crippen molar-refractivity contribution in [1.29, 1.82) is 0 Å². The first-order valence-electron chi connectivity index (χ1n) is 43.0. The van der Waals surface area contributed by atoms with E-state index in [1.54, 1.807) is 78.9 Å². The number of hydrogen-bond donors (Lipinski definition) is 23. The van der Waals surface area contributed by atoms with Gasteiger partial charge in [0.15, 0.2) is 0 Å². The van der Waals surface area contributed by atoms with Crippen molar-refractivity contribution in [2.24, 2.45) is 16.9 Å².